The number of hydrogen-bond donors (Lipinski definition) is 1. The smallest absolute Gasteiger partial charge is 0.280 e. The summed E-state index contributed by atoms with van der Waals surface area (Å²) in [6.45, 7) is 6.69. The van der Waals surface area contributed by atoms with Gasteiger partial charge < -0.3 is 5.32 Å². The number of fused-ring (bicyclic) bond motifs is 1. The lowest BCUT2D eigenvalue weighted by atomic mass is 10.0. The van der Waals surface area contributed by atoms with E-state index in [1.54, 1.807) is 0 Å². The van der Waals surface area contributed by atoms with E-state index in [0.717, 1.165) is 39.6 Å². The van der Waals surface area contributed by atoms with Crippen LogP contribution in [0.15, 0.2) is 16.6 Å². The Morgan fingerprint density at radius 2 is 2.00 bits per heavy atom. The third kappa shape index (κ3) is 2.77. The van der Waals surface area contributed by atoms with Crippen LogP contribution in [0.25, 0.3) is 10.9 Å². The Morgan fingerprint density at radius 3 is 2.60 bits per heavy atom. The van der Waals surface area contributed by atoms with Gasteiger partial charge in [-0.05, 0) is 43.5 Å². The molecular weight excluding hydrogens is 326 g/mol. The number of rotatable bonds is 4. The van der Waals surface area contributed by atoms with E-state index in [1.807, 2.05) is 26.8 Å². The van der Waals surface area contributed by atoms with E-state index in [2.05, 4.69) is 26.2 Å². The number of pyridine rings is 1. The van der Waals surface area contributed by atoms with Crippen LogP contribution in [0, 0.1) is 13.8 Å². The number of halogens is 3. The second-order valence-corrected chi connectivity index (χ2v) is 5.64. The van der Waals surface area contributed by atoms with Crippen LogP contribution in [-0.4, -0.2) is 11.5 Å². The summed E-state index contributed by atoms with van der Waals surface area (Å²) in [5, 5.41) is 4.13. The Labute approximate surface area is 125 Å². The van der Waals surface area contributed by atoms with Crippen LogP contribution in [0.3, 0.4) is 0 Å². The van der Waals surface area contributed by atoms with Crippen molar-refractivity contribution in [2.45, 2.75) is 33.6 Å². The Kier molecular flexibility index (Phi) is 4.58. The number of alkyl halides is 2. The fraction of sp³-hybridized carbons (Fsp3) is 0.400. The van der Waals surface area contributed by atoms with Gasteiger partial charge in [0.2, 0.25) is 0 Å². The van der Waals surface area contributed by atoms with Crippen molar-refractivity contribution in [1.82, 2.24) is 4.98 Å². The molecule has 0 aliphatic carbocycles. The molecule has 2 aromatic rings. The van der Waals surface area contributed by atoms with Crippen molar-refractivity contribution < 1.29 is 8.78 Å². The standard InChI is InChI=1S/C15H17BrF2N2/c1-4-5-19-10-7-12(15(17)18)20-11-6-8(2)14(16)9(3)13(10)11/h6-7,15H,4-5H2,1-3H3,(H,19,20). The van der Waals surface area contributed by atoms with E-state index >= 15 is 0 Å². The predicted molar refractivity (Wildman–Crippen MR) is 82.7 cm³/mol. The minimum atomic E-state index is -2.56. The summed E-state index contributed by atoms with van der Waals surface area (Å²) in [7, 11) is 0. The quantitative estimate of drug-likeness (QED) is 0.807. The second kappa shape index (κ2) is 6.04. The molecule has 1 heterocycles. The Bertz CT molecular complexity index is 642. The van der Waals surface area contributed by atoms with Crippen LogP contribution in [0.1, 0.15) is 36.6 Å². The lowest BCUT2D eigenvalue weighted by Crippen LogP contribution is -2.04. The lowest BCUT2D eigenvalue weighted by Gasteiger charge is -2.15. The average Bonchev–Trinajstić information content (AvgIpc) is 2.41. The zero-order valence-electron chi connectivity index (χ0n) is 11.7. The summed E-state index contributed by atoms with van der Waals surface area (Å²) in [6.07, 6.45) is -1.63. The first kappa shape index (κ1) is 15.2. The van der Waals surface area contributed by atoms with Gasteiger partial charge >= 0.3 is 0 Å². The summed E-state index contributed by atoms with van der Waals surface area (Å²) >= 11 is 3.55. The fourth-order valence-corrected chi connectivity index (χ4v) is 2.58. The lowest BCUT2D eigenvalue weighted by molar-refractivity contribution is 0.146. The van der Waals surface area contributed by atoms with Crippen molar-refractivity contribution in [2.75, 3.05) is 11.9 Å². The van der Waals surface area contributed by atoms with E-state index in [0.29, 0.717) is 5.52 Å². The predicted octanol–water partition coefficient (Wildman–Crippen LogP) is 5.37. The highest BCUT2D eigenvalue weighted by molar-refractivity contribution is 9.10. The molecule has 2 nitrogen and oxygen atoms in total. The van der Waals surface area contributed by atoms with E-state index in [1.165, 1.54) is 6.07 Å². The minimum absolute atomic E-state index is 0.183. The molecule has 0 radical (unpaired) electrons. The number of nitrogens with one attached hydrogen (secondary N) is 1. The number of nitrogens with zero attached hydrogens (tertiary/aromatic N) is 1. The third-order valence-corrected chi connectivity index (χ3v) is 4.48. The summed E-state index contributed by atoms with van der Waals surface area (Å²) < 4.78 is 27.0. The van der Waals surface area contributed by atoms with Gasteiger partial charge in [-0.15, -0.1) is 0 Å². The summed E-state index contributed by atoms with van der Waals surface area (Å²) in [5.74, 6) is 0. The van der Waals surface area contributed by atoms with Gasteiger partial charge in [-0.2, -0.15) is 0 Å². The highest BCUT2D eigenvalue weighted by atomic mass is 79.9. The van der Waals surface area contributed by atoms with Crippen LogP contribution in [-0.2, 0) is 0 Å². The Morgan fingerprint density at radius 1 is 1.30 bits per heavy atom. The zero-order chi connectivity index (χ0) is 14.9. The normalized spacial score (nSPS) is 11.3. The topological polar surface area (TPSA) is 24.9 Å². The van der Waals surface area contributed by atoms with Gasteiger partial charge in [-0.25, -0.2) is 13.8 Å². The van der Waals surface area contributed by atoms with Gasteiger partial charge in [0.05, 0.1) is 5.52 Å². The van der Waals surface area contributed by atoms with Gasteiger partial charge in [0, 0.05) is 22.1 Å². The molecule has 0 bridgehead atoms. The number of aryl methyl sites for hydroxylation is 2. The molecule has 0 aliphatic heterocycles. The molecule has 1 N–H and O–H groups in total. The van der Waals surface area contributed by atoms with Crippen LogP contribution >= 0.6 is 15.9 Å². The molecule has 1 aromatic carbocycles. The van der Waals surface area contributed by atoms with Crippen LogP contribution in [0.4, 0.5) is 14.5 Å². The largest absolute Gasteiger partial charge is 0.384 e. The molecule has 0 spiro atoms. The fourth-order valence-electron chi connectivity index (χ4n) is 2.27. The number of hydrogen-bond acceptors (Lipinski definition) is 2. The molecule has 0 unspecified atom stereocenters. The van der Waals surface area contributed by atoms with Crippen molar-refractivity contribution in [3.8, 4) is 0 Å². The molecule has 1 aromatic heterocycles. The summed E-state index contributed by atoms with van der Waals surface area (Å²) in [5.41, 5.74) is 3.17. The highest BCUT2D eigenvalue weighted by Crippen LogP contribution is 2.35. The van der Waals surface area contributed by atoms with Crippen molar-refractivity contribution in [2.24, 2.45) is 0 Å². The Balaban J connectivity index is 2.74. The monoisotopic (exact) mass is 342 g/mol. The maximum Gasteiger partial charge on any atom is 0.280 e. The van der Waals surface area contributed by atoms with Crippen LogP contribution in [0.5, 0.6) is 0 Å². The maximum atomic E-state index is 13.0. The van der Waals surface area contributed by atoms with E-state index in [-0.39, 0.29) is 5.69 Å². The van der Waals surface area contributed by atoms with E-state index in [4.69, 9.17) is 0 Å². The first-order valence-corrected chi connectivity index (χ1v) is 7.37. The molecular formula is C15H17BrF2N2. The minimum Gasteiger partial charge on any atom is -0.384 e. The van der Waals surface area contributed by atoms with E-state index < -0.39 is 6.43 Å². The third-order valence-electron chi connectivity index (χ3n) is 3.26. The first-order chi connectivity index (χ1) is 9.45. The van der Waals surface area contributed by atoms with Crippen molar-refractivity contribution in [1.29, 1.82) is 0 Å². The molecule has 0 atom stereocenters. The van der Waals surface area contributed by atoms with Gasteiger partial charge in [-0.3, -0.25) is 0 Å². The average molecular weight is 343 g/mol. The Hall–Kier alpha value is -1.23. The number of benzene rings is 1. The van der Waals surface area contributed by atoms with Gasteiger partial charge in [-0.1, -0.05) is 22.9 Å². The number of anilines is 1. The van der Waals surface area contributed by atoms with Crippen molar-refractivity contribution in [3.05, 3.63) is 33.4 Å². The van der Waals surface area contributed by atoms with Gasteiger partial charge in [0.25, 0.3) is 6.43 Å². The first-order valence-electron chi connectivity index (χ1n) is 6.58. The van der Waals surface area contributed by atoms with Crippen LogP contribution in [0.2, 0.25) is 0 Å². The molecule has 0 saturated heterocycles. The maximum absolute atomic E-state index is 13.0. The molecule has 0 aliphatic rings. The van der Waals surface area contributed by atoms with Gasteiger partial charge in [0.1, 0.15) is 5.69 Å². The molecule has 5 heteroatoms. The number of aromatic nitrogens is 1. The van der Waals surface area contributed by atoms with Crippen LogP contribution < -0.4 is 5.32 Å². The molecule has 2 rings (SSSR count). The van der Waals surface area contributed by atoms with Crippen molar-refractivity contribution in [3.63, 3.8) is 0 Å². The zero-order valence-corrected chi connectivity index (χ0v) is 13.3. The second-order valence-electron chi connectivity index (χ2n) is 4.85. The molecule has 0 amide bonds. The van der Waals surface area contributed by atoms with E-state index in [9.17, 15) is 8.78 Å². The molecule has 0 fully saturated rings. The SMILES string of the molecule is CCCNc1cc(C(F)F)nc2cc(C)c(Br)c(C)c12. The van der Waals surface area contributed by atoms with Gasteiger partial charge in [0.15, 0.2) is 0 Å². The molecule has 0 saturated carbocycles. The highest BCUT2D eigenvalue weighted by Gasteiger charge is 2.16. The molecule has 20 heavy (non-hydrogen) atoms. The summed E-state index contributed by atoms with van der Waals surface area (Å²) in [4.78, 5) is 4.10. The van der Waals surface area contributed by atoms with Crippen molar-refractivity contribution >= 4 is 32.5 Å². The molecule has 108 valence electrons. The summed E-state index contributed by atoms with van der Waals surface area (Å²) in [6, 6.07) is 3.30.